The third-order valence-corrected chi connectivity index (χ3v) is 3.85. The Labute approximate surface area is 113 Å². The molecule has 1 atom stereocenters. The zero-order valence-corrected chi connectivity index (χ0v) is 12.6. The lowest BCUT2D eigenvalue weighted by atomic mass is 10.0. The second-order valence-electron chi connectivity index (χ2n) is 4.38. The Kier molecular flexibility index (Phi) is 5.76. The van der Waals surface area contributed by atoms with E-state index in [1.165, 1.54) is 0 Å². The lowest BCUT2D eigenvalue weighted by Gasteiger charge is -2.20. The summed E-state index contributed by atoms with van der Waals surface area (Å²) in [5.74, 6) is 0.873. The standard InChI is InChI=1S/C12H20NO3PS/c1-9(2)11-5-4-10(3)8-12(11)16-17(14,18)15-7-6-13/h4-5,8-9H,6-7,13H2,1-3H3,(H,14,18). The van der Waals surface area contributed by atoms with E-state index < -0.39 is 6.72 Å². The molecule has 0 aliphatic heterocycles. The fourth-order valence-corrected chi connectivity index (χ4v) is 2.78. The maximum Gasteiger partial charge on any atom is 0.377 e. The molecule has 1 unspecified atom stereocenters. The molecule has 4 nitrogen and oxygen atoms in total. The Morgan fingerprint density at radius 2 is 2.11 bits per heavy atom. The van der Waals surface area contributed by atoms with Gasteiger partial charge in [0.2, 0.25) is 0 Å². The first-order valence-corrected chi connectivity index (χ1v) is 8.42. The zero-order valence-electron chi connectivity index (χ0n) is 10.9. The molecule has 0 amide bonds. The van der Waals surface area contributed by atoms with Crippen molar-refractivity contribution in [2.75, 3.05) is 13.2 Å². The number of benzene rings is 1. The van der Waals surface area contributed by atoms with E-state index in [0.29, 0.717) is 12.3 Å². The van der Waals surface area contributed by atoms with Crippen molar-refractivity contribution in [3.63, 3.8) is 0 Å². The highest BCUT2D eigenvalue weighted by Crippen LogP contribution is 2.46. The lowest BCUT2D eigenvalue weighted by Crippen LogP contribution is -2.09. The van der Waals surface area contributed by atoms with Crippen LogP contribution in [0.5, 0.6) is 5.75 Å². The molecule has 0 heterocycles. The Balaban J connectivity index is 2.95. The molecule has 18 heavy (non-hydrogen) atoms. The van der Waals surface area contributed by atoms with Crippen LogP contribution in [0.15, 0.2) is 18.2 Å². The predicted octanol–water partition coefficient (Wildman–Crippen LogP) is 2.69. The summed E-state index contributed by atoms with van der Waals surface area (Å²) in [5.41, 5.74) is 7.36. The van der Waals surface area contributed by atoms with Crippen molar-refractivity contribution >= 4 is 18.5 Å². The average Bonchev–Trinajstić information content (AvgIpc) is 2.25. The average molecular weight is 289 g/mol. The molecule has 1 aromatic carbocycles. The molecule has 3 N–H and O–H groups in total. The summed E-state index contributed by atoms with van der Waals surface area (Å²) in [6, 6.07) is 5.84. The molecule has 0 spiro atoms. The van der Waals surface area contributed by atoms with Crippen LogP contribution in [0, 0.1) is 6.92 Å². The van der Waals surface area contributed by atoms with Crippen LogP contribution in [0.1, 0.15) is 30.9 Å². The Bertz CT molecular complexity index is 451. The van der Waals surface area contributed by atoms with Gasteiger partial charge in [0.1, 0.15) is 5.75 Å². The molecular formula is C12H20NO3PS. The van der Waals surface area contributed by atoms with Crippen LogP contribution in [0.4, 0.5) is 0 Å². The van der Waals surface area contributed by atoms with E-state index in [0.717, 1.165) is 11.1 Å². The number of hydrogen-bond acceptors (Lipinski definition) is 4. The topological polar surface area (TPSA) is 64.7 Å². The van der Waals surface area contributed by atoms with E-state index >= 15 is 0 Å². The molecule has 6 heteroatoms. The molecule has 0 bridgehead atoms. The van der Waals surface area contributed by atoms with E-state index in [1.807, 2.05) is 25.1 Å². The smallest absolute Gasteiger partial charge is 0.377 e. The van der Waals surface area contributed by atoms with Crippen molar-refractivity contribution in [3.8, 4) is 5.75 Å². The van der Waals surface area contributed by atoms with Gasteiger partial charge in [-0.15, -0.1) is 0 Å². The second kappa shape index (κ2) is 6.64. The van der Waals surface area contributed by atoms with Gasteiger partial charge in [0, 0.05) is 18.4 Å². The Morgan fingerprint density at radius 3 is 2.67 bits per heavy atom. The van der Waals surface area contributed by atoms with Crippen LogP contribution in [0.3, 0.4) is 0 Å². The van der Waals surface area contributed by atoms with Crippen LogP contribution in [-0.2, 0) is 16.3 Å². The van der Waals surface area contributed by atoms with Crippen LogP contribution >= 0.6 is 6.72 Å². The van der Waals surface area contributed by atoms with Gasteiger partial charge >= 0.3 is 6.72 Å². The van der Waals surface area contributed by atoms with E-state index in [-0.39, 0.29) is 12.5 Å². The molecular weight excluding hydrogens is 269 g/mol. The third-order valence-electron chi connectivity index (χ3n) is 2.38. The summed E-state index contributed by atoms with van der Waals surface area (Å²) in [7, 11) is 0. The van der Waals surface area contributed by atoms with Gasteiger partial charge in [-0.2, -0.15) is 0 Å². The molecule has 0 aromatic heterocycles. The molecule has 0 fully saturated rings. The molecule has 1 aromatic rings. The minimum atomic E-state index is -3.26. The van der Waals surface area contributed by atoms with E-state index in [4.69, 9.17) is 26.6 Å². The number of nitrogens with two attached hydrogens (primary N) is 1. The van der Waals surface area contributed by atoms with Crippen LogP contribution < -0.4 is 10.3 Å². The number of aryl methyl sites for hydroxylation is 1. The van der Waals surface area contributed by atoms with Crippen molar-refractivity contribution in [1.82, 2.24) is 0 Å². The summed E-state index contributed by atoms with van der Waals surface area (Å²) in [6.07, 6.45) is 0. The molecule has 0 aliphatic rings. The normalized spacial score (nSPS) is 14.6. The first kappa shape index (κ1) is 15.6. The summed E-state index contributed by atoms with van der Waals surface area (Å²) in [5, 5.41) is 0. The maximum atomic E-state index is 9.92. The predicted molar refractivity (Wildman–Crippen MR) is 77.4 cm³/mol. The van der Waals surface area contributed by atoms with E-state index in [2.05, 4.69) is 13.8 Å². The zero-order chi connectivity index (χ0) is 13.8. The molecule has 0 saturated carbocycles. The first-order chi connectivity index (χ1) is 8.35. The highest BCUT2D eigenvalue weighted by Gasteiger charge is 2.19. The van der Waals surface area contributed by atoms with Gasteiger partial charge in [-0.1, -0.05) is 26.0 Å². The van der Waals surface area contributed by atoms with Crippen molar-refractivity contribution in [2.45, 2.75) is 26.7 Å². The highest BCUT2D eigenvalue weighted by atomic mass is 32.5. The van der Waals surface area contributed by atoms with Gasteiger partial charge < -0.3 is 15.2 Å². The summed E-state index contributed by atoms with van der Waals surface area (Å²) < 4.78 is 10.6. The van der Waals surface area contributed by atoms with Gasteiger partial charge in [-0.25, -0.2) is 0 Å². The molecule has 102 valence electrons. The fraction of sp³-hybridized carbons (Fsp3) is 0.500. The SMILES string of the molecule is Cc1ccc(C(C)C)c(OP(O)(=S)OCCN)c1. The molecule has 0 radical (unpaired) electrons. The van der Waals surface area contributed by atoms with E-state index in [1.54, 1.807) is 0 Å². The number of rotatable bonds is 6. The maximum absolute atomic E-state index is 9.92. The van der Waals surface area contributed by atoms with Crippen molar-refractivity contribution in [3.05, 3.63) is 29.3 Å². The fourth-order valence-electron chi connectivity index (χ4n) is 1.52. The Hall–Kier alpha value is -0.450. The largest absolute Gasteiger partial charge is 0.424 e. The van der Waals surface area contributed by atoms with Gasteiger partial charge in [-0.05, 0) is 30.0 Å². The van der Waals surface area contributed by atoms with Crippen LogP contribution in [0.2, 0.25) is 0 Å². The van der Waals surface area contributed by atoms with Crippen LogP contribution in [0.25, 0.3) is 0 Å². The minimum Gasteiger partial charge on any atom is -0.424 e. The van der Waals surface area contributed by atoms with Crippen molar-refractivity contribution in [2.24, 2.45) is 5.73 Å². The second-order valence-corrected chi connectivity index (χ2v) is 7.14. The Morgan fingerprint density at radius 1 is 1.44 bits per heavy atom. The van der Waals surface area contributed by atoms with Crippen molar-refractivity contribution < 1.29 is 13.9 Å². The number of hydrogen-bond donors (Lipinski definition) is 2. The quantitative estimate of drug-likeness (QED) is 0.788. The monoisotopic (exact) mass is 289 g/mol. The molecule has 1 rings (SSSR count). The van der Waals surface area contributed by atoms with E-state index in [9.17, 15) is 4.89 Å². The lowest BCUT2D eigenvalue weighted by molar-refractivity contribution is 0.263. The summed E-state index contributed by atoms with van der Waals surface area (Å²) in [6.45, 7) is 3.29. The van der Waals surface area contributed by atoms with Gasteiger partial charge in [0.05, 0.1) is 6.61 Å². The third kappa shape index (κ3) is 4.67. The summed E-state index contributed by atoms with van der Waals surface area (Å²) in [4.78, 5) is 9.92. The molecule has 0 aliphatic carbocycles. The van der Waals surface area contributed by atoms with Gasteiger partial charge in [0.15, 0.2) is 0 Å². The highest BCUT2D eigenvalue weighted by molar-refractivity contribution is 8.07. The minimum absolute atomic E-state index is 0.191. The molecule has 0 saturated heterocycles. The van der Waals surface area contributed by atoms with Gasteiger partial charge in [-0.3, -0.25) is 4.52 Å². The summed E-state index contributed by atoms with van der Waals surface area (Å²) >= 11 is 4.95. The first-order valence-electron chi connectivity index (χ1n) is 5.83. The van der Waals surface area contributed by atoms with Gasteiger partial charge in [0.25, 0.3) is 0 Å². The van der Waals surface area contributed by atoms with Crippen molar-refractivity contribution in [1.29, 1.82) is 0 Å². The van der Waals surface area contributed by atoms with Crippen LogP contribution in [-0.4, -0.2) is 18.0 Å².